The summed E-state index contributed by atoms with van der Waals surface area (Å²) >= 11 is 3.35. The Hall–Kier alpha value is -2.77. The first kappa shape index (κ1) is 18.3. The zero-order valence-electron chi connectivity index (χ0n) is 15.7. The van der Waals surface area contributed by atoms with E-state index in [-0.39, 0.29) is 5.82 Å². The van der Waals surface area contributed by atoms with E-state index in [2.05, 4.69) is 27.3 Å². The monoisotopic (exact) mass is 422 g/mol. The van der Waals surface area contributed by atoms with Crippen molar-refractivity contribution in [2.24, 2.45) is 0 Å². The van der Waals surface area contributed by atoms with Gasteiger partial charge in [-0.05, 0) is 24.3 Å². The van der Waals surface area contributed by atoms with E-state index in [0.29, 0.717) is 0 Å². The fourth-order valence-corrected chi connectivity index (χ4v) is 5.18. The standard InChI is InChI=1S/C22H19FN4S2/c23-18-8-6-17(7-9-18)20-15-29-22(25-20)27-12-10-26(11-13-27)21-24-19(14-28-21)16-4-2-1-3-5-16/h1-9,14-15H,10-13H2. The van der Waals surface area contributed by atoms with Crippen LogP contribution in [-0.4, -0.2) is 36.1 Å². The van der Waals surface area contributed by atoms with E-state index in [9.17, 15) is 4.39 Å². The minimum absolute atomic E-state index is 0.224. The highest BCUT2D eigenvalue weighted by Gasteiger charge is 2.22. The SMILES string of the molecule is Fc1ccc(-c2csc(N3CCN(c4nc(-c5ccccc5)cs4)CC3)n2)cc1. The van der Waals surface area contributed by atoms with Crippen LogP contribution in [0, 0.1) is 5.82 Å². The normalized spacial score (nSPS) is 14.4. The zero-order valence-corrected chi connectivity index (χ0v) is 17.3. The Morgan fingerprint density at radius 1 is 0.655 bits per heavy atom. The lowest BCUT2D eigenvalue weighted by Crippen LogP contribution is -2.46. The number of thiazole rings is 2. The average molecular weight is 423 g/mol. The second kappa shape index (κ2) is 7.93. The predicted octanol–water partition coefficient (Wildman–Crippen LogP) is 5.40. The van der Waals surface area contributed by atoms with Gasteiger partial charge in [0.25, 0.3) is 0 Å². The van der Waals surface area contributed by atoms with Crippen LogP contribution in [0.1, 0.15) is 0 Å². The molecule has 7 heteroatoms. The maximum absolute atomic E-state index is 13.1. The molecule has 1 aliphatic rings. The van der Waals surface area contributed by atoms with Crippen molar-refractivity contribution >= 4 is 32.9 Å². The van der Waals surface area contributed by atoms with Crippen LogP contribution in [0.4, 0.5) is 14.7 Å². The van der Waals surface area contributed by atoms with Crippen LogP contribution >= 0.6 is 22.7 Å². The van der Waals surface area contributed by atoms with Crippen LogP contribution in [0.25, 0.3) is 22.5 Å². The summed E-state index contributed by atoms with van der Waals surface area (Å²) in [5.41, 5.74) is 4.05. The zero-order chi connectivity index (χ0) is 19.6. The first-order valence-corrected chi connectivity index (χ1v) is 11.2. The Labute approximate surface area is 176 Å². The second-order valence-electron chi connectivity index (χ2n) is 6.88. The molecule has 0 saturated carbocycles. The number of nitrogens with zero attached hydrogens (tertiary/aromatic N) is 4. The van der Waals surface area contributed by atoms with Gasteiger partial charge in [-0.2, -0.15) is 0 Å². The number of hydrogen-bond acceptors (Lipinski definition) is 6. The molecule has 0 spiro atoms. The summed E-state index contributed by atoms with van der Waals surface area (Å²) in [6.07, 6.45) is 0. The highest BCUT2D eigenvalue weighted by atomic mass is 32.1. The highest BCUT2D eigenvalue weighted by molar-refractivity contribution is 7.14. The van der Waals surface area contributed by atoms with E-state index in [1.807, 2.05) is 23.6 Å². The largest absolute Gasteiger partial charge is 0.345 e. The van der Waals surface area contributed by atoms with E-state index in [1.165, 1.54) is 12.1 Å². The third kappa shape index (κ3) is 3.88. The van der Waals surface area contributed by atoms with Crippen molar-refractivity contribution in [3.8, 4) is 22.5 Å². The van der Waals surface area contributed by atoms with Gasteiger partial charge in [-0.1, -0.05) is 30.3 Å². The smallest absolute Gasteiger partial charge is 0.185 e. The third-order valence-corrected chi connectivity index (χ3v) is 6.82. The number of halogens is 1. The number of aromatic nitrogens is 2. The lowest BCUT2D eigenvalue weighted by Gasteiger charge is -2.34. The Bertz CT molecular complexity index is 1080. The second-order valence-corrected chi connectivity index (χ2v) is 8.55. The topological polar surface area (TPSA) is 32.3 Å². The molecule has 0 N–H and O–H groups in total. The molecule has 0 amide bonds. The van der Waals surface area contributed by atoms with Crippen LogP contribution in [0.5, 0.6) is 0 Å². The average Bonchev–Trinajstić information content (AvgIpc) is 3.46. The van der Waals surface area contributed by atoms with Crippen molar-refractivity contribution in [1.82, 2.24) is 9.97 Å². The number of rotatable bonds is 4. The first-order valence-electron chi connectivity index (χ1n) is 9.48. The molecule has 1 fully saturated rings. The Morgan fingerprint density at radius 2 is 1.14 bits per heavy atom. The van der Waals surface area contributed by atoms with Crippen molar-refractivity contribution in [2.45, 2.75) is 0 Å². The molecule has 4 nitrogen and oxygen atoms in total. The summed E-state index contributed by atoms with van der Waals surface area (Å²) in [6.45, 7) is 3.67. The molecule has 3 heterocycles. The van der Waals surface area contributed by atoms with Gasteiger partial charge < -0.3 is 9.80 Å². The molecule has 0 atom stereocenters. The minimum Gasteiger partial charge on any atom is -0.345 e. The molecule has 2 aromatic heterocycles. The number of anilines is 2. The van der Waals surface area contributed by atoms with E-state index in [4.69, 9.17) is 9.97 Å². The van der Waals surface area contributed by atoms with E-state index >= 15 is 0 Å². The van der Waals surface area contributed by atoms with Gasteiger partial charge in [-0.25, -0.2) is 14.4 Å². The first-order chi connectivity index (χ1) is 14.3. The van der Waals surface area contributed by atoms with Gasteiger partial charge in [0, 0.05) is 48.1 Å². The van der Waals surface area contributed by atoms with Crippen LogP contribution in [0.2, 0.25) is 0 Å². The quantitative estimate of drug-likeness (QED) is 0.441. The highest BCUT2D eigenvalue weighted by Crippen LogP contribution is 2.31. The Morgan fingerprint density at radius 3 is 1.66 bits per heavy atom. The van der Waals surface area contributed by atoms with Crippen molar-refractivity contribution in [1.29, 1.82) is 0 Å². The summed E-state index contributed by atoms with van der Waals surface area (Å²) in [5.74, 6) is -0.224. The van der Waals surface area contributed by atoms with Gasteiger partial charge in [-0.15, -0.1) is 22.7 Å². The molecule has 5 rings (SSSR count). The maximum atomic E-state index is 13.1. The number of piperazine rings is 1. The number of benzene rings is 2. The van der Waals surface area contributed by atoms with Crippen molar-refractivity contribution in [2.75, 3.05) is 36.0 Å². The third-order valence-electron chi connectivity index (χ3n) is 5.01. The van der Waals surface area contributed by atoms with Gasteiger partial charge in [0.05, 0.1) is 11.4 Å². The summed E-state index contributed by atoms with van der Waals surface area (Å²) < 4.78 is 13.1. The van der Waals surface area contributed by atoms with Crippen molar-refractivity contribution in [3.63, 3.8) is 0 Å². The fraction of sp³-hybridized carbons (Fsp3) is 0.182. The van der Waals surface area contributed by atoms with Gasteiger partial charge in [-0.3, -0.25) is 0 Å². The molecule has 0 bridgehead atoms. The lowest BCUT2D eigenvalue weighted by atomic mass is 10.2. The minimum atomic E-state index is -0.224. The summed E-state index contributed by atoms with van der Waals surface area (Å²) in [5, 5.41) is 6.28. The van der Waals surface area contributed by atoms with Gasteiger partial charge in [0.1, 0.15) is 5.82 Å². The van der Waals surface area contributed by atoms with Crippen LogP contribution in [0.3, 0.4) is 0 Å². The molecule has 29 heavy (non-hydrogen) atoms. The van der Waals surface area contributed by atoms with E-state index < -0.39 is 0 Å². The summed E-state index contributed by atoms with van der Waals surface area (Å²) in [7, 11) is 0. The summed E-state index contributed by atoms with van der Waals surface area (Å²) in [6, 6.07) is 16.8. The molecule has 0 radical (unpaired) electrons. The lowest BCUT2D eigenvalue weighted by molar-refractivity contribution is 0.628. The molecule has 1 saturated heterocycles. The molecule has 0 aliphatic carbocycles. The van der Waals surface area contributed by atoms with Crippen molar-refractivity contribution in [3.05, 3.63) is 71.2 Å². The van der Waals surface area contributed by atoms with E-state index in [0.717, 1.165) is 59.0 Å². The Balaban J connectivity index is 1.24. The van der Waals surface area contributed by atoms with Gasteiger partial charge >= 0.3 is 0 Å². The number of hydrogen-bond donors (Lipinski definition) is 0. The van der Waals surface area contributed by atoms with Gasteiger partial charge in [0.2, 0.25) is 0 Å². The molecular weight excluding hydrogens is 403 g/mol. The predicted molar refractivity (Wildman–Crippen MR) is 119 cm³/mol. The Kier molecular flexibility index (Phi) is 4.99. The van der Waals surface area contributed by atoms with Crippen LogP contribution in [-0.2, 0) is 0 Å². The molecule has 4 aromatic rings. The maximum Gasteiger partial charge on any atom is 0.185 e. The molecule has 1 aliphatic heterocycles. The van der Waals surface area contributed by atoms with E-state index in [1.54, 1.807) is 34.8 Å². The molecule has 146 valence electrons. The van der Waals surface area contributed by atoms with Crippen LogP contribution < -0.4 is 9.80 Å². The molecular formula is C22H19FN4S2. The molecule has 2 aromatic carbocycles. The van der Waals surface area contributed by atoms with Gasteiger partial charge in [0.15, 0.2) is 10.3 Å². The van der Waals surface area contributed by atoms with Crippen LogP contribution in [0.15, 0.2) is 65.4 Å². The molecule has 0 unspecified atom stereocenters. The van der Waals surface area contributed by atoms with Crippen molar-refractivity contribution < 1.29 is 4.39 Å². The summed E-state index contributed by atoms with van der Waals surface area (Å²) in [4.78, 5) is 14.3. The fourth-order valence-electron chi connectivity index (χ4n) is 3.40.